The van der Waals surface area contributed by atoms with Crippen molar-refractivity contribution in [2.75, 3.05) is 47.5 Å². The van der Waals surface area contributed by atoms with Gasteiger partial charge in [0.2, 0.25) is 0 Å². The minimum absolute atomic E-state index is 0.0522. The highest BCUT2D eigenvalue weighted by Crippen LogP contribution is 2.38. The van der Waals surface area contributed by atoms with E-state index >= 15 is 0 Å². The van der Waals surface area contributed by atoms with Gasteiger partial charge in [-0.05, 0) is 70.6 Å². The zero-order valence-corrected chi connectivity index (χ0v) is 38.9. The fraction of sp³-hybridized carbons (Fsp3) is 0.750. The first-order chi connectivity index (χ1) is 28.4. The van der Waals surface area contributed by atoms with Crippen LogP contribution >= 0.6 is 7.82 Å². The van der Waals surface area contributed by atoms with Gasteiger partial charge in [0.25, 0.3) is 7.82 Å². The number of carbonyl (C=O) groups excluding carboxylic acids is 2. The van der Waals surface area contributed by atoms with E-state index in [2.05, 4.69) is 32.1 Å². The Bertz CT molecular complexity index is 1210. The van der Waals surface area contributed by atoms with Crippen LogP contribution in [0, 0.1) is 0 Å². The monoisotopic (exact) mass is 852 g/mol. The molecular weight excluding hydrogens is 765 g/mol. The molecule has 0 fully saturated rings. The second-order valence-electron chi connectivity index (χ2n) is 16.6. The Balaban J connectivity index is 4.49. The minimum atomic E-state index is -4.66. The van der Waals surface area contributed by atoms with E-state index in [1.165, 1.54) is 83.5 Å². The third kappa shape index (κ3) is 43.6. The van der Waals surface area contributed by atoms with Crippen LogP contribution in [0.5, 0.6) is 0 Å². The van der Waals surface area contributed by atoms with Gasteiger partial charge >= 0.3 is 11.9 Å². The Labute approximate surface area is 360 Å². The number of quaternary nitrogens is 1. The summed E-state index contributed by atoms with van der Waals surface area (Å²) in [5.74, 6) is -0.946. The number of carbonyl (C=O) groups is 2. The zero-order valence-electron chi connectivity index (χ0n) is 38.0. The number of aliphatic hydroxyl groups is 1. The van der Waals surface area contributed by atoms with Crippen molar-refractivity contribution in [2.45, 2.75) is 187 Å². The Morgan fingerprint density at radius 3 is 1.80 bits per heavy atom. The van der Waals surface area contributed by atoms with E-state index in [9.17, 15) is 24.2 Å². The smallest absolute Gasteiger partial charge is 0.306 e. The fourth-order valence-electron chi connectivity index (χ4n) is 5.90. The second-order valence-corrected chi connectivity index (χ2v) is 18.0. The standard InChI is InChI=1S/C48H86NO9P/c1-6-8-10-12-14-15-16-17-18-19-20-21-22-23-28-32-36-40-48(52)58-46(44-57-59(53,54)56-42-41-49(3,4)5)43-55-47(51)39-35-31-27-25-24-26-30-34-38-45(50)37-33-29-13-11-9-7-2/h17-18,25-27,29-30,33-34,38,45-46,50H,6-16,19-24,28,31-32,35-37,39-44H2,1-5H3/b18-17-,27-25-,30-26-,33-29-,38-34+/t45-,46-/m1/s1. The first-order valence-corrected chi connectivity index (χ1v) is 24.6. The van der Waals surface area contributed by atoms with E-state index in [4.69, 9.17) is 18.5 Å². The third-order valence-corrected chi connectivity index (χ3v) is 10.6. The van der Waals surface area contributed by atoms with Crippen molar-refractivity contribution < 1.29 is 47.2 Å². The number of allylic oxidation sites excluding steroid dienone is 8. The number of phosphoric ester groups is 1. The van der Waals surface area contributed by atoms with Gasteiger partial charge in [0.15, 0.2) is 6.10 Å². The molecule has 0 aliphatic heterocycles. The highest BCUT2D eigenvalue weighted by Gasteiger charge is 2.21. The lowest BCUT2D eigenvalue weighted by molar-refractivity contribution is -0.870. The number of hydrogen-bond donors (Lipinski definition) is 1. The van der Waals surface area contributed by atoms with E-state index in [1.807, 2.05) is 57.6 Å². The number of rotatable bonds is 41. The van der Waals surface area contributed by atoms with Crippen LogP contribution in [-0.4, -0.2) is 81.2 Å². The quantitative estimate of drug-likeness (QED) is 0.0159. The van der Waals surface area contributed by atoms with E-state index in [0.29, 0.717) is 36.7 Å². The topological polar surface area (TPSA) is 131 Å². The van der Waals surface area contributed by atoms with Crippen LogP contribution in [0.4, 0.5) is 0 Å². The second kappa shape index (κ2) is 39.8. The number of esters is 2. The van der Waals surface area contributed by atoms with Gasteiger partial charge in [-0.1, -0.05) is 152 Å². The number of ether oxygens (including phenoxy) is 2. The van der Waals surface area contributed by atoms with Crippen LogP contribution in [0.2, 0.25) is 0 Å². The highest BCUT2D eigenvalue weighted by atomic mass is 31.2. The molecule has 0 amide bonds. The largest absolute Gasteiger partial charge is 0.756 e. The lowest BCUT2D eigenvalue weighted by Crippen LogP contribution is -2.37. The number of aliphatic hydroxyl groups excluding tert-OH is 1. The average Bonchev–Trinajstić information content (AvgIpc) is 3.18. The van der Waals surface area contributed by atoms with Crippen molar-refractivity contribution >= 4 is 19.8 Å². The van der Waals surface area contributed by atoms with E-state index in [1.54, 1.807) is 6.08 Å². The van der Waals surface area contributed by atoms with Crippen LogP contribution < -0.4 is 4.89 Å². The Kier molecular flexibility index (Phi) is 38.2. The molecule has 0 aliphatic carbocycles. The summed E-state index contributed by atoms with van der Waals surface area (Å²) in [4.78, 5) is 37.6. The Morgan fingerprint density at radius 2 is 1.15 bits per heavy atom. The van der Waals surface area contributed by atoms with E-state index < -0.39 is 38.6 Å². The number of phosphoric acid groups is 1. The van der Waals surface area contributed by atoms with Crippen molar-refractivity contribution in [3.8, 4) is 0 Å². The Morgan fingerprint density at radius 1 is 0.627 bits per heavy atom. The molecule has 342 valence electrons. The molecule has 0 saturated carbocycles. The molecule has 0 radical (unpaired) electrons. The molecule has 11 heteroatoms. The summed E-state index contributed by atoms with van der Waals surface area (Å²) < 4.78 is 33.8. The summed E-state index contributed by atoms with van der Waals surface area (Å²) in [6, 6.07) is 0. The first kappa shape index (κ1) is 56.7. The summed E-state index contributed by atoms with van der Waals surface area (Å²) in [5, 5.41) is 10.0. The molecule has 1 N–H and O–H groups in total. The maximum Gasteiger partial charge on any atom is 0.306 e. The molecule has 0 aromatic rings. The molecule has 0 aromatic carbocycles. The van der Waals surface area contributed by atoms with Crippen LogP contribution in [0.1, 0.15) is 174 Å². The normalized spacial score (nSPS) is 14.6. The van der Waals surface area contributed by atoms with Gasteiger partial charge < -0.3 is 33.0 Å². The molecule has 0 bridgehead atoms. The van der Waals surface area contributed by atoms with Gasteiger partial charge in [-0.2, -0.15) is 0 Å². The maximum atomic E-state index is 12.7. The molecule has 0 heterocycles. The average molecular weight is 852 g/mol. The number of nitrogens with zero attached hydrogens (tertiary/aromatic N) is 1. The van der Waals surface area contributed by atoms with Crippen molar-refractivity contribution in [1.29, 1.82) is 0 Å². The predicted molar refractivity (Wildman–Crippen MR) is 242 cm³/mol. The molecule has 1 unspecified atom stereocenters. The molecule has 3 atom stereocenters. The van der Waals surface area contributed by atoms with Crippen molar-refractivity contribution in [3.63, 3.8) is 0 Å². The van der Waals surface area contributed by atoms with Gasteiger partial charge in [-0.3, -0.25) is 14.2 Å². The number of hydrogen-bond acceptors (Lipinski definition) is 9. The van der Waals surface area contributed by atoms with Crippen molar-refractivity contribution in [2.24, 2.45) is 0 Å². The van der Waals surface area contributed by atoms with Gasteiger partial charge in [-0.15, -0.1) is 0 Å². The van der Waals surface area contributed by atoms with E-state index in [-0.39, 0.29) is 26.1 Å². The van der Waals surface area contributed by atoms with Crippen LogP contribution in [0.3, 0.4) is 0 Å². The summed E-state index contributed by atoms with van der Waals surface area (Å²) in [6.07, 6.45) is 44.2. The van der Waals surface area contributed by atoms with Crippen LogP contribution in [-0.2, 0) is 32.7 Å². The SMILES string of the molecule is CCCCC/C=C\C[C@@H](O)/C=C/C=C\C/C=C\CCCC(=O)OC[C@H](COP(=O)([O-])OCC[N+](C)(C)C)OC(=O)CCCCCCCCC/C=C\CCCCCCCC. The van der Waals surface area contributed by atoms with Gasteiger partial charge in [0.05, 0.1) is 33.9 Å². The fourth-order valence-corrected chi connectivity index (χ4v) is 6.63. The van der Waals surface area contributed by atoms with Gasteiger partial charge in [0.1, 0.15) is 19.8 Å². The zero-order chi connectivity index (χ0) is 43.7. The molecule has 0 aliphatic rings. The molecule has 0 rings (SSSR count). The summed E-state index contributed by atoms with van der Waals surface area (Å²) in [6.45, 7) is 4.03. The molecule has 0 saturated heterocycles. The first-order valence-electron chi connectivity index (χ1n) is 23.1. The Hall–Kier alpha value is -2.33. The molecule has 10 nitrogen and oxygen atoms in total. The van der Waals surface area contributed by atoms with Gasteiger partial charge in [-0.25, -0.2) is 0 Å². The highest BCUT2D eigenvalue weighted by molar-refractivity contribution is 7.45. The third-order valence-electron chi connectivity index (χ3n) is 9.59. The minimum Gasteiger partial charge on any atom is -0.756 e. The molecule has 59 heavy (non-hydrogen) atoms. The lowest BCUT2D eigenvalue weighted by Gasteiger charge is -2.28. The predicted octanol–water partition coefficient (Wildman–Crippen LogP) is 11.6. The summed E-state index contributed by atoms with van der Waals surface area (Å²) >= 11 is 0. The molecule has 0 aromatic heterocycles. The summed E-state index contributed by atoms with van der Waals surface area (Å²) in [5.41, 5.74) is 0. The molecule has 0 spiro atoms. The van der Waals surface area contributed by atoms with Gasteiger partial charge in [0, 0.05) is 12.8 Å². The van der Waals surface area contributed by atoms with E-state index in [0.717, 1.165) is 38.5 Å². The van der Waals surface area contributed by atoms with Crippen molar-refractivity contribution in [3.05, 3.63) is 60.8 Å². The van der Waals surface area contributed by atoms with Crippen LogP contribution in [0.25, 0.3) is 0 Å². The number of likely N-dealkylation sites (N-methyl/N-ethyl adjacent to an activating group) is 1. The van der Waals surface area contributed by atoms with Crippen LogP contribution in [0.15, 0.2) is 60.8 Å². The van der Waals surface area contributed by atoms with Crippen molar-refractivity contribution in [1.82, 2.24) is 0 Å². The molecular formula is C48H86NO9P. The number of unbranched alkanes of at least 4 members (excludes halogenated alkanes) is 17. The summed E-state index contributed by atoms with van der Waals surface area (Å²) in [7, 11) is 1.09. The maximum absolute atomic E-state index is 12.7. The lowest BCUT2D eigenvalue weighted by atomic mass is 10.1.